The van der Waals surface area contributed by atoms with Crippen LogP contribution in [0.4, 0.5) is 4.79 Å². The summed E-state index contributed by atoms with van der Waals surface area (Å²) in [4.78, 5) is 28.1. The van der Waals surface area contributed by atoms with Gasteiger partial charge >= 0.3 is 6.09 Å². The molecule has 2 N–H and O–H groups in total. The highest BCUT2D eigenvalue weighted by Gasteiger charge is 2.17. The lowest BCUT2D eigenvalue weighted by Crippen LogP contribution is -2.44. The molecule has 1 aromatic heterocycles. The number of thioether (sulfide) groups is 1. The van der Waals surface area contributed by atoms with E-state index in [2.05, 4.69) is 29.5 Å². The SMILES string of the molecule is CCOC(=O)NC(CNC(=O)c1cccnc1SC)CC(C)C. The zero-order valence-electron chi connectivity index (χ0n) is 14.1. The summed E-state index contributed by atoms with van der Waals surface area (Å²) in [6.45, 7) is 6.55. The summed E-state index contributed by atoms with van der Waals surface area (Å²) in [5, 5.41) is 6.34. The molecule has 1 unspecified atom stereocenters. The van der Waals surface area contributed by atoms with Gasteiger partial charge in [0.15, 0.2) is 0 Å². The molecule has 128 valence electrons. The summed E-state index contributed by atoms with van der Waals surface area (Å²) >= 11 is 1.42. The van der Waals surface area contributed by atoms with Crippen molar-refractivity contribution in [2.45, 2.75) is 38.3 Å². The molecule has 0 saturated carbocycles. The molecule has 6 nitrogen and oxygen atoms in total. The molecule has 1 aromatic rings. The normalized spacial score (nSPS) is 11.9. The van der Waals surface area contributed by atoms with Crippen LogP contribution in [0.25, 0.3) is 0 Å². The maximum Gasteiger partial charge on any atom is 0.407 e. The van der Waals surface area contributed by atoms with Crippen molar-refractivity contribution in [3.8, 4) is 0 Å². The Labute approximate surface area is 141 Å². The summed E-state index contributed by atoms with van der Waals surface area (Å²) in [6.07, 6.45) is 3.83. The molecular formula is C16H25N3O3S. The number of carbonyl (C=O) groups excluding carboxylic acids is 2. The van der Waals surface area contributed by atoms with Gasteiger partial charge in [0.25, 0.3) is 5.91 Å². The molecule has 0 aliphatic carbocycles. The van der Waals surface area contributed by atoms with Crippen LogP contribution in [0.2, 0.25) is 0 Å². The van der Waals surface area contributed by atoms with E-state index in [1.165, 1.54) is 11.8 Å². The van der Waals surface area contributed by atoms with Gasteiger partial charge in [-0.25, -0.2) is 9.78 Å². The molecule has 23 heavy (non-hydrogen) atoms. The van der Waals surface area contributed by atoms with Gasteiger partial charge in [-0.2, -0.15) is 0 Å². The van der Waals surface area contributed by atoms with Gasteiger partial charge in [0.05, 0.1) is 12.2 Å². The van der Waals surface area contributed by atoms with Gasteiger partial charge in [0, 0.05) is 18.8 Å². The van der Waals surface area contributed by atoms with Crippen LogP contribution < -0.4 is 10.6 Å². The van der Waals surface area contributed by atoms with E-state index < -0.39 is 6.09 Å². The van der Waals surface area contributed by atoms with Gasteiger partial charge in [-0.1, -0.05) is 13.8 Å². The number of hydrogen-bond acceptors (Lipinski definition) is 5. The maximum atomic E-state index is 12.3. The molecule has 7 heteroatoms. The Kier molecular flexibility index (Phi) is 8.47. The third-order valence-corrected chi connectivity index (χ3v) is 3.78. The first-order valence-electron chi connectivity index (χ1n) is 7.68. The molecule has 0 aliphatic rings. The number of hydrogen-bond donors (Lipinski definition) is 2. The number of rotatable bonds is 8. The highest BCUT2D eigenvalue weighted by atomic mass is 32.2. The molecule has 0 aliphatic heterocycles. The Balaban J connectivity index is 2.65. The molecule has 0 aromatic carbocycles. The van der Waals surface area contributed by atoms with Crippen LogP contribution in [-0.4, -0.2) is 42.4 Å². The third-order valence-electron chi connectivity index (χ3n) is 3.07. The fourth-order valence-electron chi connectivity index (χ4n) is 2.14. The van der Waals surface area contributed by atoms with Crippen LogP contribution in [0.15, 0.2) is 23.4 Å². The predicted molar refractivity (Wildman–Crippen MR) is 91.8 cm³/mol. The zero-order valence-corrected chi connectivity index (χ0v) is 14.9. The van der Waals surface area contributed by atoms with Crippen molar-refractivity contribution in [3.63, 3.8) is 0 Å². The number of nitrogens with one attached hydrogen (secondary N) is 2. The van der Waals surface area contributed by atoms with Crippen LogP contribution in [0.5, 0.6) is 0 Å². The Morgan fingerprint density at radius 3 is 2.74 bits per heavy atom. The van der Waals surface area contributed by atoms with E-state index in [-0.39, 0.29) is 11.9 Å². The zero-order chi connectivity index (χ0) is 17.2. The van der Waals surface area contributed by atoms with E-state index in [0.717, 1.165) is 6.42 Å². The molecular weight excluding hydrogens is 314 g/mol. The predicted octanol–water partition coefficient (Wildman–Crippen LogP) is 2.69. The molecule has 1 heterocycles. The van der Waals surface area contributed by atoms with Crippen LogP contribution in [-0.2, 0) is 4.74 Å². The average Bonchev–Trinajstić information content (AvgIpc) is 2.51. The molecule has 0 bridgehead atoms. The van der Waals surface area contributed by atoms with E-state index in [1.54, 1.807) is 25.3 Å². The Bertz CT molecular complexity index is 523. The van der Waals surface area contributed by atoms with E-state index in [9.17, 15) is 9.59 Å². The standard InChI is InChI=1S/C16H25N3O3S/c1-5-22-16(21)19-12(9-11(2)3)10-18-14(20)13-7-6-8-17-15(13)23-4/h6-8,11-12H,5,9-10H2,1-4H3,(H,18,20)(H,19,21). The number of ether oxygens (including phenoxy) is 1. The first-order valence-corrected chi connectivity index (χ1v) is 8.90. The second-order valence-electron chi connectivity index (χ2n) is 5.46. The number of pyridine rings is 1. The summed E-state index contributed by atoms with van der Waals surface area (Å²) in [6, 6.07) is 3.30. The van der Waals surface area contributed by atoms with Gasteiger partial charge < -0.3 is 15.4 Å². The summed E-state index contributed by atoms with van der Waals surface area (Å²) < 4.78 is 4.91. The van der Waals surface area contributed by atoms with E-state index >= 15 is 0 Å². The smallest absolute Gasteiger partial charge is 0.407 e. The number of aromatic nitrogens is 1. The second-order valence-corrected chi connectivity index (χ2v) is 6.26. The number of amides is 2. The highest BCUT2D eigenvalue weighted by molar-refractivity contribution is 7.98. The van der Waals surface area contributed by atoms with Crippen LogP contribution >= 0.6 is 11.8 Å². The minimum Gasteiger partial charge on any atom is -0.450 e. The van der Waals surface area contributed by atoms with Crippen LogP contribution in [0.1, 0.15) is 37.6 Å². The fourth-order valence-corrected chi connectivity index (χ4v) is 2.69. The molecule has 2 amide bonds. The molecule has 0 spiro atoms. The summed E-state index contributed by atoms with van der Waals surface area (Å²) in [5.41, 5.74) is 0.541. The van der Waals surface area contributed by atoms with Gasteiger partial charge in [-0.15, -0.1) is 11.8 Å². The molecule has 0 radical (unpaired) electrons. The van der Waals surface area contributed by atoms with Crippen molar-refractivity contribution < 1.29 is 14.3 Å². The lowest BCUT2D eigenvalue weighted by atomic mass is 10.0. The molecule has 0 fully saturated rings. The van der Waals surface area contributed by atoms with E-state index in [1.807, 2.05) is 6.26 Å². The lowest BCUT2D eigenvalue weighted by Gasteiger charge is -2.21. The monoisotopic (exact) mass is 339 g/mol. The van der Waals surface area contributed by atoms with Crippen LogP contribution in [0.3, 0.4) is 0 Å². The van der Waals surface area contributed by atoms with E-state index in [4.69, 9.17) is 4.74 Å². The fraction of sp³-hybridized carbons (Fsp3) is 0.562. The van der Waals surface area contributed by atoms with E-state index in [0.29, 0.717) is 29.7 Å². The summed E-state index contributed by atoms with van der Waals surface area (Å²) in [5.74, 6) is 0.195. The van der Waals surface area contributed by atoms with Crippen molar-refractivity contribution >= 4 is 23.8 Å². The maximum absolute atomic E-state index is 12.3. The first kappa shape index (κ1) is 19.3. The number of carbonyl (C=O) groups is 2. The Hall–Kier alpha value is -1.76. The quantitative estimate of drug-likeness (QED) is 0.712. The van der Waals surface area contributed by atoms with Crippen molar-refractivity contribution in [1.82, 2.24) is 15.6 Å². The molecule has 1 atom stereocenters. The third kappa shape index (κ3) is 6.90. The van der Waals surface area contributed by atoms with Crippen molar-refractivity contribution in [2.75, 3.05) is 19.4 Å². The molecule has 0 saturated heterocycles. The van der Waals surface area contributed by atoms with Gasteiger partial charge in [0.2, 0.25) is 0 Å². The largest absolute Gasteiger partial charge is 0.450 e. The van der Waals surface area contributed by atoms with Crippen LogP contribution in [0, 0.1) is 5.92 Å². The van der Waals surface area contributed by atoms with Gasteiger partial charge in [0.1, 0.15) is 5.03 Å². The highest BCUT2D eigenvalue weighted by Crippen LogP contribution is 2.16. The number of nitrogens with zero attached hydrogens (tertiary/aromatic N) is 1. The van der Waals surface area contributed by atoms with Gasteiger partial charge in [-0.3, -0.25) is 4.79 Å². The topological polar surface area (TPSA) is 80.3 Å². The minimum absolute atomic E-state index is 0.174. The molecule has 1 rings (SSSR count). The minimum atomic E-state index is -0.460. The summed E-state index contributed by atoms with van der Waals surface area (Å²) in [7, 11) is 0. The average molecular weight is 339 g/mol. The van der Waals surface area contributed by atoms with Crippen molar-refractivity contribution in [1.29, 1.82) is 0 Å². The lowest BCUT2D eigenvalue weighted by molar-refractivity contribution is 0.0941. The Morgan fingerprint density at radius 2 is 2.13 bits per heavy atom. The van der Waals surface area contributed by atoms with Gasteiger partial charge in [-0.05, 0) is 37.7 Å². The number of alkyl carbamates (subject to hydrolysis) is 1. The van der Waals surface area contributed by atoms with Crippen molar-refractivity contribution in [2.24, 2.45) is 5.92 Å². The second kappa shape index (κ2) is 10.1. The van der Waals surface area contributed by atoms with Crippen molar-refractivity contribution in [3.05, 3.63) is 23.9 Å². The Morgan fingerprint density at radius 1 is 1.39 bits per heavy atom. The first-order chi connectivity index (χ1) is 11.0.